The number of carbonyl (C=O) groups excluding carboxylic acids is 1. The molecule has 9 heteroatoms. The maximum Gasteiger partial charge on any atom is 0.343 e. The van der Waals surface area contributed by atoms with Crippen molar-refractivity contribution in [3.05, 3.63) is 77.3 Å². The third-order valence-corrected chi connectivity index (χ3v) is 4.62. The second-order valence-electron chi connectivity index (χ2n) is 6.29. The Balaban J connectivity index is 1.87. The van der Waals surface area contributed by atoms with Gasteiger partial charge in [0.1, 0.15) is 5.75 Å². The Morgan fingerprint density at radius 1 is 1.03 bits per heavy atom. The van der Waals surface area contributed by atoms with Crippen LogP contribution in [0.5, 0.6) is 17.2 Å². The van der Waals surface area contributed by atoms with Crippen molar-refractivity contribution in [1.29, 1.82) is 0 Å². The first-order valence-corrected chi connectivity index (χ1v) is 9.21. The molecule has 30 heavy (non-hydrogen) atoms. The number of methoxy groups -OCH3 is 1. The van der Waals surface area contributed by atoms with E-state index in [0.29, 0.717) is 22.0 Å². The van der Waals surface area contributed by atoms with Crippen molar-refractivity contribution in [3.8, 4) is 34.3 Å². The van der Waals surface area contributed by atoms with Crippen molar-refractivity contribution in [2.24, 2.45) is 0 Å². The van der Waals surface area contributed by atoms with Gasteiger partial charge in [0.25, 0.3) is 0 Å². The van der Waals surface area contributed by atoms with E-state index in [1.807, 2.05) is 0 Å². The van der Waals surface area contributed by atoms with Gasteiger partial charge >= 0.3 is 11.7 Å². The summed E-state index contributed by atoms with van der Waals surface area (Å²) in [4.78, 5) is 15.5. The number of halogens is 1. The van der Waals surface area contributed by atoms with Crippen LogP contribution in [0.4, 0.5) is 0 Å². The average Bonchev–Trinajstić information content (AvgIpc) is 3.19. The molecule has 0 aliphatic carbocycles. The van der Waals surface area contributed by atoms with Crippen LogP contribution in [0.2, 0.25) is 5.02 Å². The quantitative estimate of drug-likeness (QED) is 0.489. The number of rotatable bonds is 4. The van der Waals surface area contributed by atoms with E-state index in [0.717, 1.165) is 4.80 Å². The summed E-state index contributed by atoms with van der Waals surface area (Å²) in [6, 6.07) is 17.5. The van der Waals surface area contributed by atoms with Gasteiger partial charge in [-0.15, -0.1) is 0 Å². The first-order valence-electron chi connectivity index (χ1n) is 8.83. The molecule has 3 aromatic carbocycles. The fraction of sp³-hybridized carbons (Fsp3) is 0.0476. The minimum Gasteiger partial charge on any atom is -0.507 e. The van der Waals surface area contributed by atoms with E-state index in [2.05, 4.69) is 10.2 Å². The third kappa shape index (κ3) is 3.56. The van der Waals surface area contributed by atoms with Crippen LogP contribution in [0, 0.1) is 0 Å². The highest BCUT2D eigenvalue weighted by Gasteiger charge is 2.29. The van der Waals surface area contributed by atoms with Crippen LogP contribution in [-0.4, -0.2) is 38.2 Å². The molecule has 1 aromatic heterocycles. The molecule has 0 bridgehead atoms. The Hall–Kier alpha value is -3.91. The number of ether oxygens (including phenoxy) is 1. The second kappa shape index (κ2) is 7.84. The summed E-state index contributed by atoms with van der Waals surface area (Å²) in [6.45, 7) is 0. The molecule has 0 saturated carbocycles. The van der Waals surface area contributed by atoms with Crippen molar-refractivity contribution < 1.29 is 24.5 Å². The molecule has 0 unspecified atom stereocenters. The molecule has 0 aliphatic rings. The molecule has 0 saturated heterocycles. The molecule has 4 aromatic rings. The number of phenolic OH excluding ortho intramolecular Hbond substituents is 2. The van der Waals surface area contributed by atoms with Crippen molar-refractivity contribution in [2.75, 3.05) is 7.11 Å². The molecule has 4 rings (SSSR count). The van der Waals surface area contributed by atoms with E-state index in [4.69, 9.17) is 16.3 Å². The Morgan fingerprint density at radius 2 is 1.77 bits per heavy atom. The zero-order valence-corrected chi connectivity index (χ0v) is 16.5. The van der Waals surface area contributed by atoms with Gasteiger partial charge in [-0.05, 0) is 64.5 Å². The number of hydrogen-bond donors (Lipinski definition) is 2. The third-order valence-electron chi connectivity index (χ3n) is 4.37. The molecule has 0 atom stereocenters. The van der Waals surface area contributed by atoms with Crippen molar-refractivity contribution in [3.63, 3.8) is 0 Å². The topological polar surface area (TPSA) is 101 Å². The summed E-state index contributed by atoms with van der Waals surface area (Å²) in [5, 5.41) is 29.5. The normalized spacial score (nSPS) is 10.7. The zero-order chi connectivity index (χ0) is 21.3. The standard InChI is InChI=1S/C21H15ClN4O4/c1-30-19-11-6-13(12-18(19)28)20-23-25(15-9-7-14(22)8-10-15)26(24-20)21(29)16-4-2-3-5-17(16)27/h2-12H,1H3,(H-,27,28,29)/p+1. The van der Waals surface area contributed by atoms with Gasteiger partial charge in [0.2, 0.25) is 0 Å². The number of aromatic nitrogens is 4. The number of nitrogens with zero attached hydrogens (tertiary/aromatic N) is 4. The van der Waals surface area contributed by atoms with E-state index in [1.54, 1.807) is 48.5 Å². The largest absolute Gasteiger partial charge is 0.507 e. The molecule has 0 aliphatic heterocycles. The second-order valence-corrected chi connectivity index (χ2v) is 6.72. The van der Waals surface area contributed by atoms with Gasteiger partial charge in [-0.1, -0.05) is 23.7 Å². The smallest absolute Gasteiger partial charge is 0.343 e. The molecular weight excluding hydrogens is 408 g/mol. The van der Waals surface area contributed by atoms with Crippen LogP contribution in [0.1, 0.15) is 10.4 Å². The van der Waals surface area contributed by atoms with Crippen molar-refractivity contribution >= 4 is 17.5 Å². The molecular formula is C21H16ClN4O4+. The fourth-order valence-corrected chi connectivity index (χ4v) is 2.99. The summed E-state index contributed by atoms with van der Waals surface area (Å²) in [5.41, 5.74) is 1.06. The average molecular weight is 424 g/mol. The zero-order valence-electron chi connectivity index (χ0n) is 15.7. The summed E-state index contributed by atoms with van der Waals surface area (Å²) < 4.78 is 5.06. The van der Waals surface area contributed by atoms with E-state index >= 15 is 0 Å². The number of hydrogen-bond acceptors (Lipinski definition) is 6. The number of phenols is 2. The van der Waals surface area contributed by atoms with E-state index in [9.17, 15) is 15.0 Å². The Labute approximate surface area is 176 Å². The minimum atomic E-state index is -0.584. The molecule has 150 valence electrons. The number of benzene rings is 3. The first-order chi connectivity index (χ1) is 14.5. The fourth-order valence-electron chi connectivity index (χ4n) is 2.86. The molecule has 0 amide bonds. The van der Waals surface area contributed by atoms with E-state index < -0.39 is 5.91 Å². The lowest BCUT2D eigenvalue weighted by atomic mass is 10.2. The van der Waals surface area contributed by atoms with Gasteiger partial charge in [0.15, 0.2) is 17.2 Å². The highest BCUT2D eigenvalue weighted by molar-refractivity contribution is 6.30. The monoisotopic (exact) mass is 423 g/mol. The van der Waals surface area contributed by atoms with Crippen LogP contribution >= 0.6 is 11.6 Å². The number of tetrazole rings is 1. The maximum absolute atomic E-state index is 13.1. The lowest BCUT2D eigenvalue weighted by Gasteiger charge is -2.02. The molecule has 0 radical (unpaired) electrons. The maximum atomic E-state index is 13.1. The van der Waals surface area contributed by atoms with E-state index in [-0.39, 0.29) is 22.9 Å². The summed E-state index contributed by atoms with van der Waals surface area (Å²) in [7, 11) is 1.45. The van der Waals surface area contributed by atoms with Crippen LogP contribution in [0.15, 0.2) is 66.7 Å². The van der Waals surface area contributed by atoms with Crippen LogP contribution < -0.4 is 9.53 Å². The highest BCUT2D eigenvalue weighted by atomic mass is 35.5. The van der Waals surface area contributed by atoms with Gasteiger partial charge in [0, 0.05) is 5.02 Å². The van der Waals surface area contributed by atoms with Gasteiger partial charge in [-0.3, -0.25) is 4.79 Å². The van der Waals surface area contributed by atoms with E-state index in [1.165, 1.54) is 30.1 Å². The molecule has 0 fully saturated rings. The lowest BCUT2D eigenvalue weighted by molar-refractivity contribution is -0.732. The van der Waals surface area contributed by atoms with Crippen LogP contribution in [0.3, 0.4) is 0 Å². The SMILES string of the molecule is COc1ccc(-c2nn(C(=O)c3ccccc3O)[n+](-c3ccc(Cl)cc3)n2)cc1O. The van der Waals surface area contributed by atoms with Gasteiger partial charge in [-0.25, -0.2) is 0 Å². The summed E-state index contributed by atoms with van der Waals surface area (Å²) >= 11 is 5.97. The van der Waals surface area contributed by atoms with Crippen molar-refractivity contribution in [1.82, 2.24) is 15.0 Å². The summed E-state index contributed by atoms with van der Waals surface area (Å²) in [6.07, 6.45) is 0. The van der Waals surface area contributed by atoms with Gasteiger partial charge < -0.3 is 14.9 Å². The van der Waals surface area contributed by atoms with Crippen molar-refractivity contribution in [2.45, 2.75) is 0 Å². The van der Waals surface area contributed by atoms with Crippen LogP contribution in [0.25, 0.3) is 17.1 Å². The highest BCUT2D eigenvalue weighted by Crippen LogP contribution is 2.29. The Morgan fingerprint density at radius 3 is 2.43 bits per heavy atom. The number of para-hydroxylation sites is 1. The first kappa shape index (κ1) is 19.4. The molecule has 0 spiro atoms. The molecule has 2 N–H and O–H groups in total. The Bertz CT molecular complexity index is 1240. The molecule has 8 nitrogen and oxygen atoms in total. The summed E-state index contributed by atoms with van der Waals surface area (Å²) in [5.74, 6) is -0.360. The minimum absolute atomic E-state index is 0.0641. The van der Waals surface area contributed by atoms with Crippen LogP contribution in [-0.2, 0) is 0 Å². The predicted molar refractivity (Wildman–Crippen MR) is 108 cm³/mol. The van der Waals surface area contributed by atoms with Gasteiger partial charge in [0.05, 0.1) is 28.1 Å². The lowest BCUT2D eigenvalue weighted by Crippen LogP contribution is -2.47. The van der Waals surface area contributed by atoms with Gasteiger partial charge in [-0.2, -0.15) is 0 Å². The number of carbonyl (C=O) groups is 1. The Kier molecular flexibility index (Phi) is 5.07. The molecule has 1 heterocycles. The number of aromatic hydroxyl groups is 2. The predicted octanol–water partition coefficient (Wildman–Crippen LogP) is 2.98.